The number of benzene rings is 1. The number of aryl methyl sites for hydroxylation is 1. The maximum absolute atomic E-state index is 5.84. The van der Waals surface area contributed by atoms with Crippen LogP contribution in [0.25, 0.3) is 11.3 Å². The molecule has 2 aromatic rings. The molecule has 1 unspecified atom stereocenters. The Morgan fingerprint density at radius 1 is 1.17 bits per heavy atom. The molecule has 0 amide bonds. The van der Waals surface area contributed by atoms with E-state index in [1.54, 1.807) is 0 Å². The molecule has 0 N–H and O–H groups in total. The molecule has 3 fully saturated rings. The molecule has 29 heavy (non-hydrogen) atoms. The van der Waals surface area contributed by atoms with Crippen LogP contribution in [0.2, 0.25) is 0 Å². The van der Waals surface area contributed by atoms with Gasteiger partial charge in [0.1, 0.15) is 5.69 Å². The van der Waals surface area contributed by atoms with Gasteiger partial charge in [-0.2, -0.15) is 0 Å². The lowest BCUT2D eigenvalue weighted by Crippen LogP contribution is -2.60. The van der Waals surface area contributed by atoms with Gasteiger partial charge in [-0.3, -0.25) is 0 Å². The Kier molecular flexibility index (Phi) is 5.08. The van der Waals surface area contributed by atoms with Crippen LogP contribution < -0.4 is 4.90 Å². The minimum absolute atomic E-state index is 0.278. The third-order valence-corrected chi connectivity index (χ3v) is 7.15. The van der Waals surface area contributed by atoms with E-state index >= 15 is 0 Å². The highest BCUT2D eigenvalue weighted by atomic mass is 16.5. The zero-order valence-corrected chi connectivity index (χ0v) is 17.8. The monoisotopic (exact) mass is 395 g/mol. The van der Waals surface area contributed by atoms with Crippen molar-refractivity contribution in [2.45, 2.75) is 51.7 Å². The van der Waals surface area contributed by atoms with Crippen molar-refractivity contribution in [2.75, 3.05) is 44.7 Å². The van der Waals surface area contributed by atoms with Gasteiger partial charge in [0.05, 0.1) is 18.8 Å². The zero-order chi connectivity index (χ0) is 19.8. The number of rotatable bonds is 4. The van der Waals surface area contributed by atoms with E-state index in [0.29, 0.717) is 5.41 Å². The Morgan fingerprint density at radius 3 is 2.72 bits per heavy atom. The number of hydrogen-bond donors (Lipinski definition) is 0. The van der Waals surface area contributed by atoms with Crippen LogP contribution in [0.15, 0.2) is 24.4 Å². The van der Waals surface area contributed by atoms with Gasteiger partial charge in [-0.15, -0.1) is 5.10 Å². The number of anilines is 1. The van der Waals surface area contributed by atoms with Gasteiger partial charge in [0.2, 0.25) is 0 Å². The Labute approximate surface area is 173 Å². The summed E-state index contributed by atoms with van der Waals surface area (Å²) >= 11 is 0. The van der Waals surface area contributed by atoms with Crippen LogP contribution in [0.5, 0.6) is 0 Å². The van der Waals surface area contributed by atoms with Gasteiger partial charge in [-0.1, -0.05) is 11.3 Å². The van der Waals surface area contributed by atoms with Crippen LogP contribution >= 0.6 is 0 Å². The molecule has 5 rings (SSSR count). The van der Waals surface area contributed by atoms with Crippen molar-refractivity contribution in [1.82, 2.24) is 19.9 Å². The van der Waals surface area contributed by atoms with Crippen molar-refractivity contribution in [2.24, 2.45) is 5.41 Å². The molecule has 6 heteroatoms. The highest BCUT2D eigenvalue weighted by Gasteiger charge is 2.44. The van der Waals surface area contributed by atoms with Gasteiger partial charge >= 0.3 is 0 Å². The molecule has 3 saturated heterocycles. The first-order chi connectivity index (χ1) is 14.1. The molecule has 1 aromatic carbocycles. The minimum Gasteiger partial charge on any atom is -0.376 e. The third-order valence-electron chi connectivity index (χ3n) is 7.15. The van der Waals surface area contributed by atoms with Crippen molar-refractivity contribution in [3.63, 3.8) is 0 Å². The second-order valence-corrected chi connectivity index (χ2v) is 9.47. The summed E-state index contributed by atoms with van der Waals surface area (Å²) in [5.74, 6) is 0. The van der Waals surface area contributed by atoms with Crippen LogP contribution in [0.4, 0.5) is 5.69 Å². The summed E-state index contributed by atoms with van der Waals surface area (Å²) in [4.78, 5) is 5.00. The second-order valence-electron chi connectivity index (χ2n) is 9.47. The number of likely N-dealkylation sites (tertiary alicyclic amines) is 1. The number of nitrogens with zero attached hydrogens (tertiary/aromatic N) is 5. The van der Waals surface area contributed by atoms with Crippen molar-refractivity contribution >= 4 is 5.69 Å². The molecule has 6 nitrogen and oxygen atoms in total. The summed E-state index contributed by atoms with van der Waals surface area (Å²) in [7, 11) is 2.24. The maximum atomic E-state index is 5.84. The van der Waals surface area contributed by atoms with E-state index in [1.165, 1.54) is 68.7 Å². The van der Waals surface area contributed by atoms with E-state index in [9.17, 15) is 0 Å². The predicted octanol–water partition coefficient (Wildman–Crippen LogP) is 3.35. The average Bonchev–Trinajstić information content (AvgIpc) is 3.16. The Bertz CT molecular complexity index is 841. The Hall–Kier alpha value is -1.92. The van der Waals surface area contributed by atoms with E-state index < -0.39 is 0 Å². The summed E-state index contributed by atoms with van der Waals surface area (Å²) in [6.45, 7) is 8.76. The molecule has 0 aliphatic carbocycles. The summed E-state index contributed by atoms with van der Waals surface area (Å²) in [5, 5.41) is 8.78. The number of aromatic nitrogens is 3. The summed E-state index contributed by atoms with van der Waals surface area (Å²) in [6, 6.07) is 6.80. The Balaban J connectivity index is 1.24. The first kappa shape index (κ1) is 19.1. The van der Waals surface area contributed by atoms with Crippen LogP contribution in [0.1, 0.15) is 37.7 Å². The number of ether oxygens (including phenoxy) is 1. The Morgan fingerprint density at radius 2 is 2.00 bits per heavy atom. The molecular weight excluding hydrogens is 362 g/mol. The third kappa shape index (κ3) is 3.92. The maximum Gasteiger partial charge on any atom is 0.113 e. The number of piperidine rings is 1. The van der Waals surface area contributed by atoms with E-state index in [4.69, 9.17) is 4.74 Å². The fraction of sp³-hybridized carbons (Fsp3) is 0.652. The fourth-order valence-electron chi connectivity index (χ4n) is 5.16. The topological polar surface area (TPSA) is 46.4 Å². The quantitative estimate of drug-likeness (QED) is 0.794. The lowest BCUT2D eigenvalue weighted by Gasteiger charge is -2.54. The molecule has 0 radical (unpaired) electrons. The van der Waals surface area contributed by atoms with Crippen molar-refractivity contribution in [3.8, 4) is 11.3 Å². The molecule has 1 spiro atoms. The molecule has 0 saturated carbocycles. The largest absolute Gasteiger partial charge is 0.376 e. The van der Waals surface area contributed by atoms with E-state index in [0.717, 1.165) is 25.3 Å². The smallest absolute Gasteiger partial charge is 0.113 e. The molecule has 3 aliphatic heterocycles. The van der Waals surface area contributed by atoms with Gasteiger partial charge in [-0.05, 0) is 76.9 Å². The van der Waals surface area contributed by atoms with Gasteiger partial charge in [0.25, 0.3) is 0 Å². The van der Waals surface area contributed by atoms with Gasteiger partial charge in [0, 0.05) is 36.4 Å². The average molecular weight is 396 g/mol. The number of hydrogen-bond acceptors (Lipinski definition) is 5. The van der Waals surface area contributed by atoms with Crippen LogP contribution in [0.3, 0.4) is 0 Å². The molecule has 1 aromatic heterocycles. The zero-order valence-electron chi connectivity index (χ0n) is 17.8. The van der Waals surface area contributed by atoms with Gasteiger partial charge < -0.3 is 14.5 Å². The first-order valence-corrected chi connectivity index (χ1v) is 11.2. The van der Waals surface area contributed by atoms with Crippen LogP contribution in [-0.2, 0) is 11.3 Å². The highest BCUT2D eigenvalue weighted by Crippen LogP contribution is 2.43. The van der Waals surface area contributed by atoms with Crippen molar-refractivity contribution < 1.29 is 4.74 Å². The van der Waals surface area contributed by atoms with Crippen LogP contribution in [0, 0.1) is 12.3 Å². The lowest BCUT2D eigenvalue weighted by molar-refractivity contribution is 0.00370. The standard InChI is InChI=1S/C23H33N5O/c1-18-13-19(27-16-23(17-27)8-10-26(2)11-9-23)6-7-21(18)22-15-28(25-24-22)14-20-5-3-4-12-29-20/h6-7,13,15,20H,3-5,8-12,14,16-17H2,1-2H3. The van der Waals surface area contributed by atoms with Crippen LogP contribution in [-0.4, -0.2) is 65.8 Å². The van der Waals surface area contributed by atoms with E-state index in [-0.39, 0.29) is 6.10 Å². The van der Waals surface area contributed by atoms with E-state index in [1.807, 2.05) is 4.68 Å². The SMILES string of the molecule is Cc1cc(N2CC3(CCN(C)CC3)C2)ccc1-c1cn(CC2CCCCO2)nn1. The summed E-state index contributed by atoms with van der Waals surface area (Å²) < 4.78 is 7.78. The molecule has 156 valence electrons. The molecular formula is C23H33N5O. The van der Waals surface area contributed by atoms with E-state index in [2.05, 4.69) is 58.5 Å². The lowest BCUT2D eigenvalue weighted by atomic mass is 9.72. The normalized spacial score (nSPS) is 24.6. The van der Waals surface area contributed by atoms with Gasteiger partial charge in [-0.25, -0.2) is 4.68 Å². The molecule has 3 aliphatic rings. The highest BCUT2D eigenvalue weighted by molar-refractivity contribution is 5.67. The second kappa shape index (κ2) is 7.73. The fourth-order valence-corrected chi connectivity index (χ4v) is 5.16. The summed E-state index contributed by atoms with van der Waals surface area (Å²) in [6.07, 6.45) is 8.57. The predicted molar refractivity (Wildman–Crippen MR) is 115 cm³/mol. The van der Waals surface area contributed by atoms with Crippen molar-refractivity contribution in [1.29, 1.82) is 0 Å². The first-order valence-electron chi connectivity index (χ1n) is 11.2. The molecule has 4 heterocycles. The van der Waals surface area contributed by atoms with Gasteiger partial charge in [0.15, 0.2) is 0 Å². The summed E-state index contributed by atoms with van der Waals surface area (Å²) in [5.41, 5.74) is 5.31. The molecule has 0 bridgehead atoms. The molecule has 1 atom stereocenters. The minimum atomic E-state index is 0.278. The van der Waals surface area contributed by atoms with Crippen molar-refractivity contribution in [3.05, 3.63) is 30.0 Å².